The van der Waals surface area contributed by atoms with Gasteiger partial charge in [0.05, 0.1) is 19.8 Å². The second kappa shape index (κ2) is 5.66. The first-order chi connectivity index (χ1) is 8.76. The molecule has 0 saturated heterocycles. The molecule has 0 fully saturated rings. The predicted molar refractivity (Wildman–Crippen MR) is 69.9 cm³/mol. The summed E-state index contributed by atoms with van der Waals surface area (Å²) < 4.78 is 5.25. The van der Waals surface area contributed by atoms with Gasteiger partial charge >= 0.3 is 0 Å². The highest BCUT2D eigenvalue weighted by Crippen LogP contribution is 2.28. The van der Waals surface area contributed by atoms with Crippen LogP contribution in [0, 0.1) is 0 Å². The molecule has 18 heavy (non-hydrogen) atoms. The fraction of sp³-hybridized carbons (Fsp3) is 0.308. The van der Waals surface area contributed by atoms with Crippen LogP contribution in [0.3, 0.4) is 0 Å². The number of hydrogen-bond acceptors (Lipinski definition) is 5. The van der Waals surface area contributed by atoms with Crippen LogP contribution in [0.5, 0.6) is 5.75 Å². The Bertz CT molecular complexity index is 531. The number of rotatable bonds is 5. The summed E-state index contributed by atoms with van der Waals surface area (Å²) in [5.41, 5.74) is 1.62. The Morgan fingerprint density at radius 3 is 2.94 bits per heavy atom. The number of benzene rings is 1. The van der Waals surface area contributed by atoms with Crippen LogP contribution in [-0.4, -0.2) is 41.6 Å². The maximum atomic E-state index is 9.34. The van der Waals surface area contributed by atoms with E-state index in [1.165, 1.54) is 0 Å². The van der Waals surface area contributed by atoms with E-state index in [1.54, 1.807) is 13.3 Å². The van der Waals surface area contributed by atoms with Crippen molar-refractivity contribution in [3.63, 3.8) is 0 Å². The molecule has 96 valence electrons. The van der Waals surface area contributed by atoms with Gasteiger partial charge in [-0.05, 0) is 12.1 Å². The Labute approximate surface area is 105 Å². The van der Waals surface area contributed by atoms with Gasteiger partial charge in [-0.25, -0.2) is 0 Å². The van der Waals surface area contributed by atoms with Gasteiger partial charge in [-0.1, -0.05) is 12.1 Å². The average Bonchev–Trinajstić information content (AvgIpc) is 2.43. The van der Waals surface area contributed by atoms with E-state index in [4.69, 9.17) is 9.84 Å². The third-order valence-electron chi connectivity index (χ3n) is 2.69. The molecular weight excluding hydrogens is 232 g/mol. The number of aromatic nitrogens is 1. The molecule has 3 N–H and O–H groups in total. The molecule has 0 radical (unpaired) electrons. The third-order valence-corrected chi connectivity index (χ3v) is 2.69. The van der Waals surface area contributed by atoms with Crippen molar-refractivity contribution in [3.8, 4) is 5.75 Å². The Kier molecular flexibility index (Phi) is 3.96. The molecule has 0 amide bonds. The molecular formula is C13H16N2O3. The summed E-state index contributed by atoms with van der Waals surface area (Å²) in [6, 6.07) is 7.49. The molecule has 5 heteroatoms. The molecule has 2 rings (SSSR count). The topological polar surface area (TPSA) is 74.6 Å². The zero-order valence-electron chi connectivity index (χ0n) is 10.1. The molecule has 0 saturated carbocycles. The van der Waals surface area contributed by atoms with Gasteiger partial charge in [-0.2, -0.15) is 0 Å². The molecule has 5 nitrogen and oxygen atoms in total. The van der Waals surface area contributed by atoms with Crippen molar-refractivity contribution in [3.05, 3.63) is 30.5 Å². The van der Waals surface area contributed by atoms with Crippen LogP contribution in [0.25, 0.3) is 10.9 Å². The average molecular weight is 248 g/mol. The number of para-hydroxylation sites is 1. The van der Waals surface area contributed by atoms with Crippen molar-refractivity contribution in [1.82, 2.24) is 4.98 Å². The van der Waals surface area contributed by atoms with Crippen molar-refractivity contribution < 1.29 is 14.9 Å². The largest absolute Gasteiger partial charge is 0.494 e. The van der Waals surface area contributed by atoms with Crippen molar-refractivity contribution in [2.45, 2.75) is 6.10 Å². The van der Waals surface area contributed by atoms with Gasteiger partial charge in [0.15, 0.2) is 0 Å². The molecule has 1 atom stereocenters. The van der Waals surface area contributed by atoms with Crippen LogP contribution in [0.2, 0.25) is 0 Å². The van der Waals surface area contributed by atoms with Crippen molar-refractivity contribution in [2.75, 3.05) is 25.6 Å². The molecule has 2 aromatic rings. The van der Waals surface area contributed by atoms with E-state index in [0.717, 1.165) is 16.6 Å². The van der Waals surface area contributed by atoms with Crippen LogP contribution in [0.15, 0.2) is 30.5 Å². The zero-order valence-corrected chi connectivity index (χ0v) is 10.1. The SMILES string of the molecule is COc1cccc2c(NCC(O)CO)ccnc12. The number of methoxy groups -OCH3 is 1. The number of nitrogens with zero attached hydrogens (tertiary/aromatic N) is 1. The monoisotopic (exact) mass is 248 g/mol. The quantitative estimate of drug-likeness (QED) is 0.736. The predicted octanol–water partition coefficient (Wildman–Crippen LogP) is 1.01. The summed E-state index contributed by atoms with van der Waals surface area (Å²) in [5.74, 6) is 0.707. The normalized spacial score (nSPS) is 12.4. The first-order valence-corrected chi connectivity index (χ1v) is 5.70. The summed E-state index contributed by atoms with van der Waals surface area (Å²) in [5, 5.41) is 22.1. The molecule has 1 aromatic carbocycles. The highest BCUT2D eigenvalue weighted by Gasteiger charge is 2.07. The second-order valence-electron chi connectivity index (χ2n) is 3.93. The maximum Gasteiger partial charge on any atom is 0.145 e. The smallest absolute Gasteiger partial charge is 0.145 e. The van der Waals surface area contributed by atoms with Gasteiger partial charge < -0.3 is 20.3 Å². The van der Waals surface area contributed by atoms with Gasteiger partial charge in [0, 0.05) is 23.8 Å². The van der Waals surface area contributed by atoms with Crippen molar-refractivity contribution in [1.29, 1.82) is 0 Å². The first kappa shape index (κ1) is 12.6. The van der Waals surface area contributed by atoms with Gasteiger partial charge in [0.25, 0.3) is 0 Å². The van der Waals surface area contributed by atoms with Gasteiger partial charge in [-0.15, -0.1) is 0 Å². The number of pyridine rings is 1. The number of ether oxygens (including phenoxy) is 1. The highest BCUT2D eigenvalue weighted by atomic mass is 16.5. The minimum atomic E-state index is -0.779. The van der Waals surface area contributed by atoms with E-state index in [1.807, 2.05) is 24.3 Å². The molecule has 0 aliphatic heterocycles. The highest BCUT2D eigenvalue weighted by molar-refractivity contribution is 5.94. The van der Waals surface area contributed by atoms with Gasteiger partial charge in [-0.3, -0.25) is 4.98 Å². The van der Waals surface area contributed by atoms with Gasteiger partial charge in [0.2, 0.25) is 0 Å². The summed E-state index contributed by atoms with van der Waals surface area (Å²) in [6.07, 6.45) is 0.900. The van der Waals surface area contributed by atoms with Crippen LogP contribution in [-0.2, 0) is 0 Å². The minimum Gasteiger partial charge on any atom is -0.494 e. The fourth-order valence-electron chi connectivity index (χ4n) is 1.76. The molecule has 1 heterocycles. The van der Waals surface area contributed by atoms with Crippen LogP contribution < -0.4 is 10.1 Å². The minimum absolute atomic E-state index is 0.265. The van der Waals surface area contributed by atoms with Crippen molar-refractivity contribution in [2.24, 2.45) is 0 Å². The fourth-order valence-corrected chi connectivity index (χ4v) is 1.76. The lowest BCUT2D eigenvalue weighted by atomic mass is 10.1. The first-order valence-electron chi connectivity index (χ1n) is 5.70. The summed E-state index contributed by atoms with van der Waals surface area (Å²) in [7, 11) is 1.60. The number of nitrogens with one attached hydrogen (secondary N) is 1. The standard InChI is InChI=1S/C13H16N2O3/c1-18-12-4-2-3-10-11(5-6-14-13(10)12)15-7-9(17)8-16/h2-6,9,16-17H,7-8H2,1H3,(H,14,15). The summed E-state index contributed by atoms with van der Waals surface area (Å²) in [4.78, 5) is 4.28. The van der Waals surface area contributed by atoms with Crippen LogP contribution in [0.4, 0.5) is 5.69 Å². The number of aliphatic hydroxyl groups is 2. The Morgan fingerprint density at radius 2 is 2.22 bits per heavy atom. The van der Waals surface area contributed by atoms with Crippen LogP contribution in [0.1, 0.15) is 0 Å². The number of aliphatic hydroxyl groups excluding tert-OH is 2. The number of anilines is 1. The summed E-state index contributed by atoms with van der Waals surface area (Å²) >= 11 is 0. The van der Waals surface area contributed by atoms with E-state index >= 15 is 0 Å². The van der Waals surface area contributed by atoms with E-state index in [2.05, 4.69) is 10.3 Å². The molecule has 0 bridgehead atoms. The lowest BCUT2D eigenvalue weighted by molar-refractivity contribution is 0.105. The Morgan fingerprint density at radius 1 is 1.39 bits per heavy atom. The molecule has 0 spiro atoms. The number of fused-ring (bicyclic) bond motifs is 1. The van der Waals surface area contributed by atoms with E-state index < -0.39 is 6.10 Å². The van der Waals surface area contributed by atoms with Crippen molar-refractivity contribution >= 4 is 16.6 Å². The molecule has 0 aliphatic rings. The lowest BCUT2D eigenvalue weighted by Gasteiger charge is -2.13. The zero-order chi connectivity index (χ0) is 13.0. The van der Waals surface area contributed by atoms with E-state index in [9.17, 15) is 5.11 Å². The van der Waals surface area contributed by atoms with E-state index in [-0.39, 0.29) is 13.2 Å². The maximum absolute atomic E-state index is 9.34. The Balaban J connectivity index is 2.34. The molecule has 1 aromatic heterocycles. The van der Waals surface area contributed by atoms with Gasteiger partial charge in [0.1, 0.15) is 11.3 Å². The summed E-state index contributed by atoms with van der Waals surface area (Å²) in [6.45, 7) is 0.0200. The van der Waals surface area contributed by atoms with E-state index in [0.29, 0.717) is 5.75 Å². The van der Waals surface area contributed by atoms with Crippen LogP contribution >= 0.6 is 0 Å². The Hall–Kier alpha value is -1.85. The second-order valence-corrected chi connectivity index (χ2v) is 3.93. The molecule has 0 aliphatic carbocycles. The third kappa shape index (κ3) is 2.52. The number of hydrogen-bond donors (Lipinski definition) is 3. The molecule has 1 unspecified atom stereocenters. The lowest BCUT2D eigenvalue weighted by Crippen LogP contribution is -2.23.